The number of carbonyl (C=O) groups excluding carboxylic acids is 4. The summed E-state index contributed by atoms with van der Waals surface area (Å²) in [5.74, 6) is 0.341. The highest BCUT2D eigenvalue weighted by molar-refractivity contribution is 5.87. The Bertz CT molecular complexity index is 1210. The first-order chi connectivity index (χ1) is 26.9. The normalized spacial score (nSPS) is 18.6. The molecule has 3 N–H and O–H groups in total. The van der Waals surface area contributed by atoms with Gasteiger partial charge in [-0.05, 0) is 70.0 Å². The van der Waals surface area contributed by atoms with Crippen molar-refractivity contribution < 1.29 is 33.8 Å². The number of rotatable bonds is 20. The molecule has 0 aliphatic carbocycles. The Kier molecular flexibility index (Phi) is 30.4. The van der Waals surface area contributed by atoms with E-state index in [1.807, 2.05) is 69.8 Å². The van der Waals surface area contributed by atoms with Gasteiger partial charge in [-0.3, -0.25) is 24.1 Å². The molecule has 1 aliphatic rings. The summed E-state index contributed by atoms with van der Waals surface area (Å²) in [5, 5.41) is 12.9. The maximum atomic E-state index is 12.8. The number of aliphatic hydroxyl groups is 1. The van der Waals surface area contributed by atoms with Crippen LogP contribution in [0.15, 0.2) is 30.3 Å². The Morgan fingerprint density at radius 3 is 1.82 bits per heavy atom. The molecule has 9 atom stereocenters. The van der Waals surface area contributed by atoms with E-state index in [1.54, 1.807) is 26.2 Å². The van der Waals surface area contributed by atoms with Crippen LogP contribution in [0.25, 0.3) is 0 Å². The molecule has 1 saturated heterocycles. The average Bonchev–Trinajstić information content (AvgIpc) is 3.61. The summed E-state index contributed by atoms with van der Waals surface area (Å²) in [4.78, 5) is 55.1. The Morgan fingerprint density at radius 1 is 0.860 bits per heavy atom. The van der Waals surface area contributed by atoms with Crippen LogP contribution >= 0.6 is 0 Å². The monoisotopic (exact) mass is 808 g/mol. The zero-order chi connectivity index (χ0) is 44.4. The van der Waals surface area contributed by atoms with Crippen LogP contribution in [0.3, 0.4) is 0 Å². The Balaban J connectivity index is 0. The maximum absolute atomic E-state index is 12.8. The van der Waals surface area contributed by atoms with Crippen molar-refractivity contribution in [3.05, 3.63) is 35.9 Å². The van der Waals surface area contributed by atoms with E-state index in [2.05, 4.69) is 71.2 Å². The second-order valence-electron chi connectivity index (χ2n) is 16.2. The molecule has 0 radical (unpaired) electrons. The van der Waals surface area contributed by atoms with Crippen molar-refractivity contribution >= 4 is 24.1 Å². The van der Waals surface area contributed by atoms with E-state index >= 15 is 0 Å². The van der Waals surface area contributed by atoms with Crippen molar-refractivity contribution in [2.24, 2.45) is 23.7 Å². The number of nitrogens with zero attached hydrogens (tertiary/aromatic N) is 3. The lowest BCUT2D eigenvalue weighted by Crippen LogP contribution is -2.53. The molecule has 12 nitrogen and oxygen atoms in total. The molecule has 4 amide bonds. The molecule has 1 fully saturated rings. The van der Waals surface area contributed by atoms with E-state index in [1.165, 1.54) is 12.0 Å². The number of ether oxygens (including phenoxy) is 2. The number of likely N-dealkylation sites (N-methyl/N-ethyl adjacent to an activating group) is 2. The highest BCUT2D eigenvalue weighted by atomic mass is 16.5. The van der Waals surface area contributed by atoms with Gasteiger partial charge in [0.25, 0.3) is 0 Å². The molecular weight excluding hydrogens is 723 g/mol. The van der Waals surface area contributed by atoms with Gasteiger partial charge in [0.2, 0.25) is 24.1 Å². The number of amides is 4. The number of nitrogens with one attached hydrogen (secondary N) is 2. The van der Waals surface area contributed by atoms with Gasteiger partial charge in [0, 0.05) is 40.5 Å². The molecular formula is C45H85N5O7. The lowest BCUT2D eigenvalue weighted by atomic mass is 9.91. The summed E-state index contributed by atoms with van der Waals surface area (Å²) in [5.41, 5.74) is 1.20. The fourth-order valence-corrected chi connectivity index (χ4v) is 7.77. The Hall–Kier alpha value is -3.06. The van der Waals surface area contributed by atoms with Crippen LogP contribution in [0.4, 0.5) is 0 Å². The van der Waals surface area contributed by atoms with Gasteiger partial charge in [0.05, 0.1) is 42.8 Å². The summed E-state index contributed by atoms with van der Waals surface area (Å²) in [6.45, 7) is 22.8. The highest BCUT2D eigenvalue weighted by Crippen LogP contribution is 2.32. The number of benzene rings is 1. The molecule has 12 heteroatoms. The summed E-state index contributed by atoms with van der Waals surface area (Å²) >= 11 is 0. The molecule has 1 aromatic rings. The third-order valence-corrected chi connectivity index (χ3v) is 10.8. The first kappa shape index (κ1) is 56.0. The van der Waals surface area contributed by atoms with Crippen LogP contribution < -0.4 is 10.6 Å². The van der Waals surface area contributed by atoms with Gasteiger partial charge < -0.3 is 35.0 Å². The zero-order valence-corrected chi connectivity index (χ0v) is 39.0. The molecule has 0 saturated carbocycles. The second kappa shape index (κ2) is 30.9. The number of hydrogen-bond donors (Lipinski definition) is 3. The Morgan fingerprint density at radius 2 is 1.40 bits per heavy atom. The van der Waals surface area contributed by atoms with Gasteiger partial charge in [0.15, 0.2) is 0 Å². The van der Waals surface area contributed by atoms with Crippen molar-refractivity contribution in [2.45, 2.75) is 157 Å². The Labute approximate surface area is 348 Å². The molecule has 0 spiro atoms. The molecule has 1 heterocycles. The number of aliphatic hydroxyl groups excluding tert-OH is 1. The molecule has 332 valence electrons. The van der Waals surface area contributed by atoms with E-state index in [4.69, 9.17) is 14.6 Å². The third kappa shape index (κ3) is 19.0. The molecule has 2 rings (SSSR count). The van der Waals surface area contributed by atoms with Crippen LogP contribution in [-0.2, 0) is 35.1 Å². The van der Waals surface area contributed by atoms with E-state index in [9.17, 15) is 19.2 Å². The van der Waals surface area contributed by atoms with Crippen LogP contribution in [0.5, 0.6) is 0 Å². The fourth-order valence-electron chi connectivity index (χ4n) is 7.77. The predicted molar refractivity (Wildman–Crippen MR) is 234 cm³/mol. The standard InChI is InChI=1S/C22H34N2O3.C19H39N3O3.C3H8.CH4O/c1-15(2)19-11-12-20(24(19)14-25)21(27-5)17(4)22(26)23-16(3)13-18-9-7-6-8-10-18;1-10-14(5)18(15(11-2)25-9)22(8)16(23)12-20-19(24)17(13(3)4)21(6)7;1-3-2;1-2/h6-10,14-17,19-21H,11-13H2,1-5H3,(H,23,26);13-15,17-18H,10-12H2,1-9H3,(H,20,24);3H2,1-2H3;2H,1H3. The van der Waals surface area contributed by atoms with Gasteiger partial charge in [-0.2, -0.15) is 0 Å². The highest BCUT2D eigenvalue weighted by Gasteiger charge is 2.42. The molecule has 9 unspecified atom stereocenters. The van der Waals surface area contributed by atoms with Crippen LogP contribution in [0.2, 0.25) is 0 Å². The molecule has 1 aromatic carbocycles. The van der Waals surface area contributed by atoms with Gasteiger partial charge >= 0.3 is 0 Å². The van der Waals surface area contributed by atoms with Gasteiger partial charge in [-0.15, -0.1) is 0 Å². The second-order valence-corrected chi connectivity index (χ2v) is 16.2. The number of likely N-dealkylation sites (tertiary alicyclic amines) is 1. The van der Waals surface area contributed by atoms with Gasteiger partial charge in [-0.1, -0.05) is 112 Å². The summed E-state index contributed by atoms with van der Waals surface area (Å²) in [7, 11) is 9.88. The molecule has 57 heavy (non-hydrogen) atoms. The number of methoxy groups -OCH3 is 2. The van der Waals surface area contributed by atoms with Crippen molar-refractivity contribution in [1.29, 1.82) is 0 Å². The van der Waals surface area contributed by atoms with Crippen LogP contribution in [0, 0.1) is 23.7 Å². The topological polar surface area (TPSA) is 141 Å². The van der Waals surface area contributed by atoms with Crippen molar-refractivity contribution in [3.63, 3.8) is 0 Å². The first-order valence-electron chi connectivity index (χ1n) is 21.2. The van der Waals surface area contributed by atoms with Crippen molar-refractivity contribution in [3.8, 4) is 0 Å². The minimum absolute atomic E-state index is 0.000790. The van der Waals surface area contributed by atoms with E-state index in [0.717, 1.165) is 45.6 Å². The first-order valence-corrected chi connectivity index (χ1v) is 21.2. The average molecular weight is 808 g/mol. The van der Waals surface area contributed by atoms with E-state index in [-0.39, 0.29) is 78.5 Å². The lowest BCUT2D eigenvalue weighted by Gasteiger charge is -2.37. The molecule has 0 bridgehead atoms. The van der Waals surface area contributed by atoms with Crippen LogP contribution in [0.1, 0.15) is 114 Å². The zero-order valence-electron chi connectivity index (χ0n) is 39.0. The largest absolute Gasteiger partial charge is 0.400 e. The van der Waals surface area contributed by atoms with Gasteiger partial charge in [0.1, 0.15) is 0 Å². The quantitative estimate of drug-likeness (QED) is 0.136. The summed E-state index contributed by atoms with van der Waals surface area (Å²) in [6, 6.07) is 10.1. The number of carbonyl (C=O) groups is 4. The van der Waals surface area contributed by atoms with E-state index in [0.29, 0.717) is 11.8 Å². The smallest absolute Gasteiger partial charge is 0.242 e. The van der Waals surface area contributed by atoms with E-state index < -0.39 is 0 Å². The van der Waals surface area contributed by atoms with Crippen molar-refractivity contribution in [2.75, 3.05) is 49.0 Å². The third-order valence-electron chi connectivity index (χ3n) is 10.8. The molecule has 1 aliphatic heterocycles. The summed E-state index contributed by atoms with van der Waals surface area (Å²) < 4.78 is 11.3. The number of hydrogen-bond acceptors (Lipinski definition) is 8. The minimum atomic E-state index is -0.327. The SMILES string of the molecule is CCC.CCC(C)C(C(CC)OC)N(C)C(=O)CNC(=O)C(C(C)C)N(C)C.CO.COC(C(C)C(=O)NC(C)Cc1ccccc1)C1CCC(C(C)C)N1C=O. The fraction of sp³-hybridized carbons (Fsp3) is 0.778. The maximum Gasteiger partial charge on any atom is 0.242 e. The minimum Gasteiger partial charge on any atom is -0.400 e. The predicted octanol–water partition coefficient (Wildman–Crippen LogP) is 6.04. The van der Waals surface area contributed by atoms with Crippen molar-refractivity contribution in [1.82, 2.24) is 25.3 Å². The molecule has 0 aromatic heterocycles. The lowest BCUT2D eigenvalue weighted by molar-refractivity contribution is -0.138. The van der Waals surface area contributed by atoms with Crippen LogP contribution in [-0.4, -0.2) is 135 Å². The van der Waals surface area contributed by atoms with Gasteiger partial charge in [-0.25, -0.2) is 0 Å². The summed E-state index contributed by atoms with van der Waals surface area (Å²) in [6.07, 6.45) is 6.29.